The maximum absolute atomic E-state index is 14.4. The molecular weight excluding hydrogens is 903 g/mol. The van der Waals surface area contributed by atoms with Gasteiger partial charge in [0, 0.05) is 97.2 Å². The molecule has 0 bridgehead atoms. The lowest BCUT2D eigenvalue weighted by Crippen LogP contribution is -2.48. The van der Waals surface area contributed by atoms with Gasteiger partial charge in [0.05, 0.1) is 11.7 Å². The molecule has 3 atom stereocenters. The number of anilines is 1. The molecule has 7 rings (SSSR count). The molecule has 5 aromatic rings. The number of amides is 5. The summed E-state index contributed by atoms with van der Waals surface area (Å²) in [6.45, 7) is 9.43. The van der Waals surface area contributed by atoms with E-state index in [0.29, 0.717) is 72.5 Å². The highest BCUT2D eigenvalue weighted by molar-refractivity contribution is 9.09. The summed E-state index contributed by atoms with van der Waals surface area (Å²) < 4.78 is 6.08. The first-order valence-electron chi connectivity index (χ1n) is 22.9. The predicted molar refractivity (Wildman–Crippen MR) is 261 cm³/mol. The number of nitrogens with two attached hydrogens (primary N) is 1. The Balaban J connectivity index is 1.03. The summed E-state index contributed by atoms with van der Waals surface area (Å²) in [5.74, 6) is -0.313. The minimum atomic E-state index is -0.736. The first-order valence-corrected chi connectivity index (χ1v) is 24.1. The number of piperazine rings is 1. The number of aromatic nitrogens is 1. The SMILES string of the molecule is CCC[C@H](C(=O)N[C@@H](CCCNC(N)=O)C(=O)Cc1ccc(C(=O)Cc2ccc3[nH]c(C(=O)N4C[C@@H](CBr)c5c4cc(OC(=O)N4CCN(C)CC4)c4ccccc54)cc3c2)cc1)C(C)C. The van der Waals surface area contributed by atoms with Gasteiger partial charge in [0.2, 0.25) is 5.91 Å². The number of carbonyl (C=O) groups is 6. The van der Waals surface area contributed by atoms with Crippen LogP contribution < -0.4 is 26.0 Å². The molecule has 0 saturated carbocycles. The number of H-pyrrole nitrogens is 1. The zero-order valence-electron chi connectivity index (χ0n) is 38.2. The van der Waals surface area contributed by atoms with Crippen LogP contribution in [0.2, 0.25) is 0 Å². The number of nitrogens with one attached hydrogen (secondary N) is 3. The number of nitrogens with zero attached hydrogens (tertiary/aromatic N) is 3. The van der Waals surface area contributed by atoms with Crippen LogP contribution in [0.1, 0.15) is 89.9 Å². The molecule has 15 heteroatoms. The lowest BCUT2D eigenvalue weighted by molar-refractivity contribution is -0.131. The van der Waals surface area contributed by atoms with E-state index in [9.17, 15) is 28.8 Å². The van der Waals surface area contributed by atoms with Crippen molar-refractivity contribution in [3.63, 3.8) is 0 Å². The Morgan fingerprint density at radius 2 is 1.59 bits per heavy atom. The largest absolute Gasteiger partial charge is 0.415 e. The molecule has 1 fully saturated rings. The van der Waals surface area contributed by atoms with Crippen LogP contribution in [0.5, 0.6) is 5.75 Å². The third kappa shape index (κ3) is 11.1. The van der Waals surface area contributed by atoms with Crippen LogP contribution in [-0.4, -0.2) is 108 Å². The van der Waals surface area contributed by atoms with Crippen molar-refractivity contribution in [3.8, 4) is 5.75 Å². The fourth-order valence-corrected chi connectivity index (χ4v) is 9.65. The number of ether oxygens (including phenoxy) is 1. The van der Waals surface area contributed by atoms with Crippen molar-refractivity contribution in [1.82, 2.24) is 25.4 Å². The smallest absolute Gasteiger partial charge is 0.409 e. The summed E-state index contributed by atoms with van der Waals surface area (Å²) in [7, 11) is 2.03. The Hall–Kier alpha value is -6.06. The quantitative estimate of drug-likeness (QED) is 0.0390. The molecule has 0 unspecified atom stereocenters. The third-order valence-electron chi connectivity index (χ3n) is 12.9. The molecule has 5 amide bonds. The molecular formula is C51H60BrN7O7. The van der Waals surface area contributed by atoms with Gasteiger partial charge in [0.1, 0.15) is 11.4 Å². The molecule has 0 radical (unpaired) electrons. The number of urea groups is 1. The Morgan fingerprint density at radius 1 is 0.879 bits per heavy atom. The van der Waals surface area contributed by atoms with E-state index in [2.05, 4.69) is 36.4 Å². The van der Waals surface area contributed by atoms with Crippen LogP contribution in [-0.2, 0) is 22.4 Å². The molecule has 4 aromatic carbocycles. The van der Waals surface area contributed by atoms with Crippen LogP contribution in [0, 0.1) is 11.8 Å². The van der Waals surface area contributed by atoms with Gasteiger partial charge >= 0.3 is 12.1 Å². The van der Waals surface area contributed by atoms with Gasteiger partial charge in [-0.2, -0.15) is 0 Å². The third-order valence-corrected chi connectivity index (χ3v) is 13.6. The summed E-state index contributed by atoms with van der Waals surface area (Å²) in [5, 5.41) is 8.70. The topological polar surface area (TPSA) is 187 Å². The molecule has 1 saturated heterocycles. The molecule has 14 nitrogen and oxygen atoms in total. The van der Waals surface area contributed by atoms with Gasteiger partial charge in [0.15, 0.2) is 11.6 Å². The molecule has 66 heavy (non-hydrogen) atoms. The van der Waals surface area contributed by atoms with Crippen LogP contribution >= 0.6 is 15.9 Å². The zero-order chi connectivity index (χ0) is 47.1. The molecule has 2 aliphatic rings. The number of carbonyl (C=O) groups excluding carboxylic acids is 6. The summed E-state index contributed by atoms with van der Waals surface area (Å²) in [6.07, 6.45) is 2.15. The van der Waals surface area contributed by atoms with Crippen molar-refractivity contribution in [2.75, 3.05) is 56.5 Å². The van der Waals surface area contributed by atoms with Crippen LogP contribution in [0.25, 0.3) is 21.7 Å². The van der Waals surface area contributed by atoms with Crippen LogP contribution in [0.3, 0.4) is 0 Å². The predicted octanol–water partition coefficient (Wildman–Crippen LogP) is 7.75. The Morgan fingerprint density at radius 3 is 2.27 bits per heavy atom. The van der Waals surface area contributed by atoms with E-state index >= 15 is 0 Å². The van der Waals surface area contributed by atoms with Gasteiger partial charge in [-0.15, -0.1) is 0 Å². The number of halogens is 1. The average molecular weight is 963 g/mol. The average Bonchev–Trinajstić information content (AvgIpc) is 3.91. The van der Waals surface area contributed by atoms with Gasteiger partial charge in [-0.3, -0.25) is 19.2 Å². The highest BCUT2D eigenvalue weighted by atomic mass is 79.9. The second-order valence-electron chi connectivity index (χ2n) is 18.0. The van der Waals surface area contributed by atoms with Gasteiger partial charge in [0.25, 0.3) is 5.91 Å². The minimum absolute atomic E-state index is 0.00811. The fraction of sp³-hybridized carbons (Fsp3) is 0.412. The number of primary amides is 1. The summed E-state index contributed by atoms with van der Waals surface area (Å²) in [5.41, 5.74) is 10.1. The van der Waals surface area contributed by atoms with Crippen LogP contribution in [0.15, 0.2) is 78.9 Å². The highest BCUT2D eigenvalue weighted by Crippen LogP contribution is 2.46. The number of likely N-dealkylation sites (N-methyl/N-ethyl adjacent to an activating group) is 1. The van der Waals surface area contributed by atoms with Gasteiger partial charge in [-0.1, -0.05) is 97.7 Å². The molecule has 0 spiro atoms. The number of rotatable bonds is 18. The number of aromatic amines is 1. The Kier molecular flexibility index (Phi) is 15.6. The van der Waals surface area contributed by atoms with E-state index < -0.39 is 18.2 Å². The first-order chi connectivity index (χ1) is 31.7. The second kappa shape index (κ2) is 21.5. The summed E-state index contributed by atoms with van der Waals surface area (Å²) in [4.78, 5) is 88.4. The van der Waals surface area contributed by atoms with Gasteiger partial charge in [-0.25, -0.2) is 9.59 Å². The zero-order valence-corrected chi connectivity index (χ0v) is 39.7. The van der Waals surface area contributed by atoms with E-state index in [0.717, 1.165) is 52.3 Å². The lowest BCUT2D eigenvalue weighted by atomic mass is 9.89. The van der Waals surface area contributed by atoms with Crippen molar-refractivity contribution in [3.05, 3.63) is 107 Å². The summed E-state index contributed by atoms with van der Waals surface area (Å²) >= 11 is 3.69. The molecule has 3 heterocycles. The maximum Gasteiger partial charge on any atom is 0.415 e. The normalized spacial score (nSPS) is 16.0. The second-order valence-corrected chi connectivity index (χ2v) is 18.6. The number of Topliss-reactive ketones (excluding diaryl/α,β-unsaturated/α-hetero) is 2. The number of ketones is 2. The maximum atomic E-state index is 14.4. The lowest BCUT2D eigenvalue weighted by Gasteiger charge is -2.31. The van der Waals surface area contributed by atoms with Crippen molar-refractivity contribution >= 4 is 78.8 Å². The molecule has 2 aliphatic heterocycles. The van der Waals surface area contributed by atoms with Crippen LogP contribution in [0.4, 0.5) is 15.3 Å². The number of benzene rings is 4. The van der Waals surface area contributed by atoms with Crippen molar-refractivity contribution in [1.29, 1.82) is 0 Å². The molecule has 1 aromatic heterocycles. The van der Waals surface area contributed by atoms with E-state index in [1.54, 1.807) is 34.1 Å². The Bertz CT molecular complexity index is 2600. The van der Waals surface area contributed by atoms with Crippen molar-refractivity contribution in [2.24, 2.45) is 17.6 Å². The van der Waals surface area contributed by atoms with Crippen molar-refractivity contribution in [2.45, 2.75) is 71.3 Å². The number of alkyl halides is 1. The Labute approximate surface area is 394 Å². The standard InChI is InChI=1S/C51H60BrN7O7/c1-5-9-37(31(2)3)48(62)56-41(12-8-19-54-50(53)64)45(61)25-32-13-16-34(17-14-32)44(60)26-33-15-18-40-35(24-33)27-42(55-40)49(63)59-30-36(29-52)47-39-11-7-6-10-38(39)46(28-43(47)59)66-51(65)58-22-20-57(4)21-23-58/h6-7,10-11,13-18,24,27-28,31,36-37,41,55H,5,8-9,12,19-23,25-26,29-30H2,1-4H3,(H,56,62)(H3,53,54,64)/t36-,37+,41+/m1/s1. The highest BCUT2D eigenvalue weighted by Gasteiger charge is 2.36. The van der Waals surface area contributed by atoms with Gasteiger partial charge in [-0.05, 0) is 72.5 Å². The first kappa shape index (κ1) is 47.9. The fourth-order valence-electron chi connectivity index (χ4n) is 9.12. The number of hydrogen-bond acceptors (Lipinski definition) is 8. The van der Waals surface area contributed by atoms with E-state index in [1.807, 2.05) is 82.4 Å². The van der Waals surface area contributed by atoms with E-state index in [-0.39, 0.29) is 60.5 Å². The number of fused-ring (bicyclic) bond motifs is 4. The van der Waals surface area contributed by atoms with Crippen molar-refractivity contribution < 1.29 is 33.5 Å². The van der Waals surface area contributed by atoms with E-state index in [4.69, 9.17) is 10.5 Å². The van der Waals surface area contributed by atoms with E-state index in [1.165, 1.54) is 0 Å². The molecule has 0 aliphatic carbocycles. The summed E-state index contributed by atoms with van der Waals surface area (Å²) in [6, 6.07) is 22.7. The molecule has 5 N–H and O–H groups in total. The molecule has 348 valence electrons. The number of hydrogen-bond donors (Lipinski definition) is 4. The van der Waals surface area contributed by atoms with Gasteiger partial charge < -0.3 is 40.8 Å². The minimum Gasteiger partial charge on any atom is -0.409 e. The monoisotopic (exact) mass is 961 g/mol.